The van der Waals surface area contributed by atoms with Crippen LogP contribution in [-0.2, 0) is 6.42 Å². The molecule has 0 aliphatic rings. The fraction of sp³-hybridized carbons (Fsp3) is 0.294. The first-order valence-corrected chi connectivity index (χ1v) is 7.03. The molecule has 0 aliphatic heterocycles. The van der Waals surface area contributed by atoms with Crippen molar-refractivity contribution in [3.63, 3.8) is 0 Å². The Balaban J connectivity index is 2.08. The van der Waals surface area contributed by atoms with Gasteiger partial charge in [-0.1, -0.05) is 42.5 Å². The maximum absolute atomic E-state index is 6.49. The molecule has 1 atom stereocenters. The molecule has 0 N–H and O–H groups in total. The summed E-state index contributed by atoms with van der Waals surface area (Å²) in [6.07, 6.45) is 1.01. The van der Waals surface area contributed by atoms with Crippen molar-refractivity contribution in [2.75, 3.05) is 0 Å². The van der Waals surface area contributed by atoms with Crippen molar-refractivity contribution >= 4 is 11.6 Å². The van der Waals surface area contributed by atoms with Gasteiger partial charge in [0, 0.05) is 0 Å². The topological polar surface area (TPSA) is 9.23 Å². The Morgan fingerprint density at radius 3 is 2.42 bits per heavy atom. The SMILES string of the molecule is CC(C)Oc1cccc(C(Cl)Cc2ccccc2)c1. The van der Waals surface area contributed by atoms with Crippen molar-refractivity contribution in [3.8, 4) is 5.75 Å². The summed E-state index contributed by atoms with van der Waals surface area (Å²) in [7, 11) is 0. The van der Waals surface area contributed by atoms with Gasteiger partial charge in [0.15, 0.2) is 0 Å². The number of ether oxygens (including phenoxy) is 1. The lowest BCUT2D eigenvalue weighted by molar-refractivity contribution is 0.242. The molecule has 0 heterocycles. The highest BCUT2D eigenvalue weighted by atomic mass is 35.5. The lowest BCUT2D eigenvalue weighted by Gasteiger charge is -2.14. The second kappa shape index (κ2) is 6.63. The lowest BCUT2D eigenvalue weighted by Crippen LogP contribution is -2.06. The molecular formula is C17H19ClO. The molecule has 2 aromatic carbocycles. The summed E-state index contributed by atoms with van der Waals surface area (Å²) in [6.45, 7) is 4.05. The molecule has 2 rings (SSSR count). The van der Waals surface area contributed by atoms with E-state index >= 15 is 0 Å². The third-order valence-corrected chi connectivity index (χ3v) is 3.26. The molecule has 0 radical (unpaired) electrons. The fourth-order valence-corrected chi connectivity index (χ4v) is 2.31. The molecule has 0 fully saturated rings. The van der Waals surface area contributed by atoms with Gasteiger partial charge in [0.05, 0.1) is 11.5 Å². The largest absolute Gasteiger partial charge is 0.491 e. The van der Waals surface area contributed by atoms with Gasteiger partial charge in [-0.05, 0) is 43.5 Å². The van der Waals surface area contributed by atoms with Crippen molar-refractivity contribution in [2.24, 2.45) is 0 Å². The molecule has 0 spiro atoms. The molecular weight excluding hydrogens is 256 g/mol. The van der Waals surface area contributed by atoms with Crippen molar-refractivity contribution < 1.29 is 4.74 Å². The average molecular weight is 275 g/mol. The Morgan fingerprint density at radius 1 is 1.00 bits per heavy atom. The highest BCUT2D eigenvalue weighted by Crippen LogP contribution is 2.28. The second-order valence-electron chi connectivity index (χ2n) is 4.90. The number of rotatable bonds is 5. The zero-order valence-corrected chi connectivity index (χ0v) is 12.1. The monoisotopic (exact) mass is 274 g/mol. The Hall–Kier alpha value is -1.47. The number of alkyl halides is 1. The Labute approximate surface area is 120 Å². The van der Waals surface area contributed by atoms with E-state index in [9.17, 15) is 0 Å². The molecule has 1 unspecified atom stereocenters. The van der Waals surface area contributed by atoms with Gasteiger partial charge in [0.1, 0.15) is 5.75 Å². The smallest absolute Gasteiger partial charge is 0.120 e. The van der Waals surface area contributed by atoms with Crippen LogP contribution >= 0.6 is 11.6 Å². The van der Waals surface area contributed by atoms with Gasteiger partial charge in [-0.25, -0.2) is 0 Å². The minimum atomic E-state index is -0.0295. The van der Waals surface area contributed by atoms with Gasteiger partial charge in [0.2, 0.25) is 0 Å². The Morgan fingerprint density at radius 2 is 1.74 bits per heavy atom. The maximum atomic E-state index is 6.49. The molecule has 2 aromatic rings. The van der Waals surface area contributed by atoms with Crippen LogP contribution in [0.2, 0.25) is 0 Å². The zero-order chi connectivity index (χ0) is 13.7. The summed E-state index contributed by atoms with van der Waals surface area (Å²) in [4.78, 5) is 0. The van der Waals surface area contributed by atoms with Gasteiger partial charge in [-0.3, -0.25) is 0 Å². The van der Waals surface area contributed by atoms with E-state index in [1.807, 2.05) is 56.3 Å². The van der Waals surface area contributed by atoms with Crippen LogP contribution < -0.4 is 4.74 Å². The summed E-state index contributed by atoms with van der Waals surface area (Å²) in [5.41, 5.74) is 2.35. The lowest BCUT2D eigenvalue weighted by atomic mass is 10.0. The second-order valence-corrected chi connectivity index (χ2v) is 5.42. The molecule has 1 nitrogen and oxygen atoms in total. The van der Waals surface area contributed by atoms with E-state index in [0.717, 1.165) is 17.7 Å². The van der Waals surface area contributed by atoms with Crippen LogP contribution in [0.4, 0.5) is 0 Å². The Kier molecular flexibility index (Phi) is 4.86. The van der Waals surface area contributed by atoms with E-state index in [0.29, 0.717) is 0 Å². The Bertz CT molecular complexity index is 508. The van der Waals surface area contributed by atoms with Gasteiger partial charge >= 0.3 is 0 Å². The summed E-state index contributed by atoms with van der Waals surface area (Å²) in [6, 6.07) is 18.3. The first-order valence-electron chi connectivity index (χ1n) is 6.60. The standard InChI is InChI=1S/C17H19ClO/c1-13(2)19-16-10-6-9-15(12-16)17(18)11-14-7-4-3-5-8-14/h3-10,12-13,17H,11H2,1-2H3. The minimum absolute atomic E-state index is 0.0295. The van der Waals surface area contributed by atoms with Crippen LogP contribution in [0.1, 0.15) is 30.4 Å². The number of hydrogen-bond donors (Lipinski definition) is 0. The third kappa shape index (κ3) is 4.29. The summed E-state index contributed by atoms with van der Waals surface area (Å²) in [5.74, 6) is 0.881. The first-order chi connectivity index (χ1) is 9.15. The molecule has 100 valence electrons. The fourth-order valence-electron chi connectivity index (χ4n) is 1.99. The van der Waals surface area contributed by atoms with Gasteiger partial charge < -0.3 is 4.74 Å². The van der Waals surface area contributed by atoms with Crippen LogP contribution in [0, 0.1) is 0 Å². The van der Waals surface area contributed by atoms with Gasteiger partial charge in [0.25, 0.3) is 0 Å². The maximum Gasteiger partial charge on any atom is 0.120 e. The predicted octanol–water partition coefficient (Wildman–Crippen LogP) is 5.00. The molecule has 19 heavy (non-hydrogen) atoms. The summed E-state index contributed by atoms with van der Waals surface area (Å²) in [5, 5.41) is -0.0295. The van der Waals surface area contributed by atoms with Gasteiger partial charge in [-0.15, -0.1) is 11.6 Å². The predicted molar refractivity (Wildman–Crippen MR) is 80.9 cm³/mol. The highest BCUT2D eigenvalue weighted by molar-refractivity contribution is 6.20. The van der Waals surface area contributed by atoms with E-state index in [1.54, 1.807) is 0 Å². The molecule has 0 bridgehead atoms. The van der Waals surface area contributed by atoms with Crippen LogP contribution in [0.25, 0.3) is 0 Å². The van der Waals surface area contributed by atoms with Crippen molar-refractivity contribution in [1.29, 1.82) is 0 Å². The van der Waals surface area contributed by atoms with Crippen molar-refractivity contribution in [2.45, 2.75) is 31.7 Å². The van der Waals surface area contributed by atoms with E-state index in [2.05, 4.69) is 12.1 Å². The minimum Gasteiger partial charge on any atom is -0.491 e. The highest BCUT2D eigenvalue weighted by Gasteiger charge is 2.10. The van der Waals surface area contributed by atoms with Crippen LogP contribution in [0.5, 0.6) is 5.75 Å². The van der Waals surface area contributed by atoms with Crippen LogP contribution in [0.15, 0.2) is 54.6 Å². The molecule has 0 aliphatic carbocycles. The molecule has 0 saturated heterocycles. The summed E-state index contributed by atoms with van der Waals surface area (Å²) < 4.78 is 5.70. The van der Waals surface area contributed by atoms with E-state index in [-0.39, 0.29) is 11.5 Å². The van der Waals surface area contributed by atoms with Crippen LogP contribution in [-0.4, -0.2) is 6.10 Å². The zero-order valence-electron chi connectivity index (χ0n) is 11.3. The first kappa shape index (κ1) is 14.0. The summed E-state index contributed by atoms with van der Waals surface area (Å²) >= 11 is 6.49. The molecule has 2 heteroatoms. The van der Waals surface area contributed by atoms with Gasteiger partial charge in [-0.2, -0.15) is 0 Å². The van der Waals surface area contributed by atoms with E-state index in [4.69, 9.17) is 16.3 Å². The van der Waals surface area contributed by atoms with E-state index < -0.39 is 0 Å². The number of benzene rings is 2. The molecule has 0 amide bonds. The molecule has 0 saturated carbocycles. The van der Waals surface area contributed by atoms with Crippen molar-refractivity contribution in [3.05, 3.63) is 65.7 Å². The normalized spacial score (nSPS) is 12.4. The number of hydrogen-bond acceptors (Lipinski definition) is 1. The number of halogens is 1. The third-order valence-electron chi connectivity index (χ3n) is 2.85. The molecule has 0 aromatic heterocycles. The quantitative estimate of drug-likeness (QED) is 0.698. The van der Waals surface area contributed by atoms with Crippen molar-refractivity contribution in [1.82, 2.24) is 0 Å². The van der Waals surface area contributed by atoms with Crippen LogP contribution in [0.3, 0.4) is 0 Å². The average Bonchev–Trinajstić information content (AvgIpc) is 2.39. The van der Waals surface area contributed by atoms with E-state index in [1.165, 1.54) is 5.56 Å².